The Morgan fingerprint density at radius 2 is 2.00 bits per heavy atom. The average molecular weight is 258 g/mol. The molecule has 1 rings (SSSR count). The molecule has 0 aromatic carbocycles. The molecule has 1 aliphatic rings. The van der Waals surface area contributed by atoms with Gasteiger partial charge in [0.05, 0.1) is 0 Å². The quantitative estimate of drug-likeness (QED) is 0.596. The van der Waals surface area contributed by atoms with Crippen LogP contribution in [0.4, 0.5) is 0 Å². The van der Waals surface area contributed by atoms with Crippen LogP contribution in [0.5, 0.6) is 0 Å². The molecule has 5 nitrogen and oxygen atoms in total. The Hall–Kier alpha value is -1.14. The van der Waals surface area contributed by atoms with Crippen molar-refractivity contribution in [2.24, 2.45) is 0 Å². The number of carbonyl (C=O) groups is 1. The summed E-state index contributed by atoms with van der Waals surface area (Å²) < 4.78 is 21.7. The maximum absolute atomic E-state index is 12.1. The predicted molar refractivity (Wildman–Crippen MR) is 67.2 cm³/mol. The number of carbonyl (C=O) groups excluding carboxylic acids is 1. The van der Waals surface area contributed by atoms with Crippen LogP contribution >= 0.6 is 0 Å². The van der Waals surface area contributed by atoms with E-state index >= 15 is 0 Å². The first-order valence-electron chi connectivity index (χ1n) is 5.32. The molecule has 0 bridgehead atoms. The summed E-state index contributed by atoms with van der Waals surface area (Å²) in [6, 6.07) is 0. The van der Waals surface area contributed by atoms with Crippen LogP contribution in [0.15, 0.2) is 23.0 Å². The molecular weight excluding hydrogens is 240 g/mol. The van der Waals surface area contributed by atoms with Crippen molar-refractivity contribution in [1.82, 2.24) is 9.21 Å². The summed E-state index contributed by atoms with van der Waals surface area (Å²) >= 11 is -2.07. The first kappa shape index (κ1) is 13.9. The van der Waals surface area contributed by atoms with Gasteiger partial charge in [0.15, 0.2) is 5.78 Å². The van der Waals surface area contributed by atoms with Gasteiger partial charge in [0.2, 0.25) is 0 Å². The second-order valence-corrected chi connectivity index (χ2v) is 5.14. The fraction of sp³-hybridized carbons (Fsp3) is 0.545. The third-order valence-electron chi connectivity index (χ3n) is 2.74. The summed E-state index contributed by atoms with van der Waals surface area (Å²) in [6.07, 6.45) is 2.24. The molecule has 1 heterocycles. The van der Waals surface area contributed by atoms with E-state index < -0.39 is 11.3 Å². The number of nitrogens with zero attached hydrogens (tertiary/aromatic N) is 2. The van der Waals surface area contributed by atoms with Crippen LogP contribution < -0.4 is 0 Å². The number of Topliss-reactive ketones (excluding diaryl/α,β-unsaturated/α-hetero) is 1. The summed E-state index contributed by atoms with van der Waals surface area (Å²) in [7, 11) is 3.69. The molecule has 17 heavy (non-hydrogen) atoms. The lowest BCUT2D eigenvalue weighted by atomic mass is 10.0. The molecule has 0 saturated heterocycles. The molecule has 6 heteroatoms. The topological polar surface area (TPSA) is 60.9 Å². The van der Waals surface area contributed by atoms with Crippen molar-refractivity contribution in [3.63, 3.8) is 0 Å². The Labute approximate surface area is 104 Å². The molecule has 0 fully saturated rings. The largest absolute Gasteiger partial charge is 0.383 e. The smallest absolute Gasteiger partial charge is 0.261 e. The Bertz CT molecular complexity index is 413. The number of allylic oxidation sites excluding steroid dienone is 2. The Kier molecular flexibility index (Phi) is 4.47. The summed E-state index contributed by atoms with van der Waals surface area (Å²) in [5.41, 5.74) is 1.76. The molecule has 1 aliphatic heterocycles. The molecule has 0 spiro atoms. The van der Waals surface area contributed by atoms with E-state index in [-0.39, 0.29) is 5.78 Å². The zero-order chi connectivity index (χ0) is 13.2. The van der Waals surface area contributed by atoms with Gasteiger partial charge in [-0.1, -0.05) is 0 Å². The van der Waals surface area contributed by atoms with E-state index in [2.05, 4.69) is 0 Å². The van der Waals surface area contributed by atoms with Crippen LogP contribution in [0.1, 0.15) is 20.3 Å². The van der Waals surface area contributed by atoms with Crippen LogP contribution in [0.2, 0.25) is 0 Å². The second-order valence-electron chi connectivity index (χ2n) is 4.24. The average Bonchev–Trinajstić information content (AvgIpc) is 2.32. The maximum atomic E-state index is 12.1. The van der Waals surface area contributed by atoms with Gasteiger partial charge in [0, 0.05) is 43.7 Å². The van der Waals surface area contributed by atoms with Crippen molar-refractivity contribution in [2.75, 3.05) is 20.6 Å². The number of rotatable bonds is 2. The van der Waals surface area contributed by atoms with Gasteiger partial charge in [0.1, 0.15) is 0 Å². The normalized spacial score (nSPS) is 21.8. The van der Waals surface area contributed by atoms with Crippen molar-refractivity contribution in [1.29, 1.82) is 0 Å². The summed E-state index contributed by atoms with van der Waals surface area (Å²) in [5.74, 6) is -0.0517. The molecule has 1 N–H and O–H groups in total. The third kappa shape index (κ3) is 3.17. The van der Waals surface area contributed by atoms with Gasteiger partial charge in [-0.2, -0.15) is 0 Å². The van der Waals surface area contributed by atoms with Crippen molar-refractivity contribution in [3.05, 3.63) is 23.0 Å². The highest BCUT2D eigenvalue weighted by atomic mass is 32.2. The van der Waals surface area contributed by atoms with Gasteiger partial charge >= 0.3 is 0 Å². The van der Waals surface area contributed by atoms with Gasteiger partial charge in [-0.25, -0.2) is 4.21 Å². The van der Waals surface area contributed by atoms with E-state index in [0.717, 1.165) is 0 Å². The lowest BCUT2D eigenvalue weighted by Gasteiger charge is -2.18. The molecule has 0 aromatic rings. The second kappa shape index (κ2) is 5.46. The molecule has 0 amide bonds. The van der Waals surface area contributed by atoms with Crippen LogP contribution in [0.3, 0.4) is 0 Å². The maximum Gasteiger partial charge on any atom is 0.261 e. The molecule has 96 valence electrons. The molecule has 0 saturated carbocycles. The van der Waals surface area contributed by atoms with Gasteiger partial charge < -0.3 is 4.90 Å². The Balaban J connectivity index is 3.14. The highest BCUT2D eigenvalue weighted by molar-refractivity contribution is 7.76. The zero-order valence-corrected chi connectivity index (χ0v) is 11.4. The molecule has 0 aliphatic carbocycles. The number of hydrogen-bond acceptors (Lipinski definition) is 3. The molecule has 0 radical (unpaired) electrons. The summed E-state index contributed by atoms with van der Waals surface area (Å²) in [4.78, 5) is 13.9. The first-order valence-corrected chi connectivity index (χ1v) is 6.38. The number of ketones is 1. The minimum Gasteiger partial charge on any atom is -0.383 e. The van der Waals surface area contributed by atoms with Crippen LogP contribution in [-0.4, -0.2) is 44.4 Å². The van der Waals surface area contributed by atoms with Crippen LogP contribution in [-0.2, 0) is 16.1 Å². The van der Waals surface area contributed by atoms with Crippen molar-refractivity contribution < 1.29 is 13.6 Å². The summed E-state index contributed by atoms with van der Waals surface area (Å²) in [6.45, 7) is 3.75. The van der Waals surface area contributed by atoms with Crippen LogP contribution in [0, 0.1) is 0 Å². The molecule has 1 atom stereocenters. The van der Waals surface area contributed by atoms with Gasteiger partial charge in [-0.15, -0.1) is 0 Å². The van der Waals surface area contributed by atoms with Gasteiger partial charge in [-0.3, -0.25) is 13.7 Å². The van der Waals surface area contributed by atoms with Crippen molar-refractivity contribution >= 4 is 17.0 Å². The molecular formula is C11H18N2O3S. The van der Waals surface area contributed by atoms with E-state index in [1.165, 1.54) is 4.31 Å². The SMILES string of the molecule is CC1=C(C)N(S(=O)O)CC/C(=C/N(C)C)C1=O. The fourth-order valence-corrected chi connectivity index (χ4v) is 2.34. The van der Waals surface area contributed by atoms with E-state index in [1.54, 1.807) is 24.9 Å². The van der Waals surface area contributed by atoms with E-state index in [4.69, 9.17) is 4.55 Å². The van der Waals surface area contributed by atoms with E-state index in [9.17, 15) is 9.00 Å². The zero-order valence-electron chi connectivity index (χ0n) is 10.6. The van der Waals surface area contributed by atoms with Crippen molar-refractivity contribution in [3.8, 4) is 0 Å². The van der Waals surface area contributed by atoms with Gasteiger partial charge in [-0.05, 0) is 20.3 Å². The standard InChI is InChI=1S/C11H18N2O3S/c1-8-9(2)13(17(15)16)6-5-10(11(8)14)7-12(3)4/h7H,5-6H2,1-4H3,(H,15,16)/b10-7-. The minimum absolute atomic E-state index is 0.0517. The van der Waals surface area contributed by atoms with Crippen LogP contribution in [0.25, 0.3) is 0 Å². The Morgan fingerprint density at radius 3 is 2.47 bits per heavy atom. The molecule has 1 unspecified atom stereocenters. The van der Waals surface area contributed by atoms with Crippen molar-refractivity contribution in [2.45, 2.75) is 20.3 Å². The predicted octanol–water partition coefficient (Wildman–Crippen LogP) is 1.14. The highest BCUT2D eigenvalue weighted by Gasteiger charge is 2.24. The minimum atomic E-state index is -2.07. The number of hydrogen-bond donors (Lipinski definition) is 1. The summed E-state index contributed by atoms with van der Waals surface area (Å²) in [5, 5.41) is 0. The monoisotopic (exact) mass is 258 g/mol. The fourth-order valence-electron chi connectivity index (χ4n) is 1.73. The lowest BCUT2D eigenvalue weighted by molar-refractivity contribution is -0.112. The van der Waals surface area contributed by atoms with E-state index in [1.807, 2.05) is 14.1 Å². The highest BCUT2D eigenvalue weighted by Crippen LogP contribution is 2.23. The van der Waals surface area contributed by atoms with E-state index in [0.29, 0.717) is 29.8 Å². The Morgan fingerprint density at radius 1 is 1.41 bits per heavy atom. The lowest BCUT2D eigenvalue weighted by Crippen LogP contribution is -2.24. The van der Waals surface area contributed by atoms with Gasteiger partial charge in [0.25, 0.3) is 11.3 Å². The molecule has 0 aromatic heterocycles. The first-order chi connectivity index (χ1) is 7.84. The third-order valence-corrected chi connectivity index (χ3v) is 3.57.